The number of H-pyrrole nitrogens is 1. The minimum atomic E-state index is -0.570. The summed E-state index contributed by atoms with van der Waals surface area (Å²) in [6.45, 7) is 3.76. The molecule has 1 aliphatic rings. The van der Waals surface area contributed by atoms with E-state index in [0.717, 1.165) is 18.4 Å². The third-order valence-corrected chi connectivity index (χ3v) is 4.22. The Labute approximate surface area is 161 Å². The third kappa shape index (κ3) is 4.02. The smallest absolute Gasteiger partial charge is 0.316 e. The predicted molar refractivity (Wildman–Crippen MR) is 100 cm³/mol. The van der Waals surface area contributed by atoms with Gasteiger partial charge in [0, 0.05) is 11.8 Å². The zero-order valence-electron chi connectivity index (χ0n) is 15.5. The molecule has 1 aliphatic heterocycles. The molecule has 0 spiro atoms. The minimum absolute atomic E-state index is 0.297. The van der Waals surface area contributed by atoms with Crippen LogP contribution in [0.4, 0.5) is 4.39 Å². The number of aromatic amines is 1. The lowest BCUT2D eigenvalue weighted by atomic mass is 10.1. The van der Waals surface area contributed by atoms with Gasteiger partial charge in [-0.1, -0.05) is 6.92 Å². The zero-order valence-corrected chi connectivity index (χ0v) is 15.5. The number of aromatic nitrogens is 4. The normalized spacial score (nSPS) is 14.9. The van der Waals surface area contributed by atoms with Crippen molar-refractivity contribution in [3.05, 3.63) is 48.2 Å². The van der Waals surface area contributed by atoms with E-state index < -0.39 is 6.29 Å². The van der Waals surface area contributed by atoms with Crippen molar-refractivity contribution in [1.82, 2.24) is 19.9 Å². The molecule has 0 radical (unpaired) electrons. The van der Waals surface area contributed by atoms with Crippen LogP contribution in [0.15, 0.2) is 36.5 Å². The second kappa shape index (κ2) is 8.45. The molecule has 146 valence electrons. The number of nitrogens with zero attached hydrogens (tertiary/aromatic N) is 3. The van der Waals surface area contributed by atoms with E-state index in [4.69, 9.17) is 14.2 Å². The Bertz CT molecular complexity index is 923. The maximum atomic E-state index is 13.4. The molecule has 2 aromatic heterocycles. The predicted octanol–water partition coefficient (Wildman–Crippen LogP) is 3.90. The van der Waals surface area contributed by atoms with Crippen LogP contribution in [-0.2, 0) is 9.47 Å². The highest BCUT2D eigenvalue weighted by Crippen LogP contribution is 2.33. The summed E-state index contributed by atoms with van der Waals surface area (Å²) in [6.07, 6.45) is 2.77. The molecule has 4 rings (SSSR count). The lowest BCUT2D eigenvalue weighted by Crippen LogP contribution is -2.18. The second-order valence-electron chi connectivity index (χ2n) is 6.35. The lowest BCUT2D eigenvalue weighted by Gasteiger charge is -2.21. The summed E-state index contributed by atoms with van der Waals surface area (Å²) >= 11 is 0. The number of imidazole rings is 1. The quantitative estimate of drug-likeness (QED) is 0.694. The number of nitrogens with one attached hydrogen (secondary N) is 1. The summed E-state index contributed by atoms with van der Waals surface area (Å²) in [6, 6.07) is 8.22. The van der Waals surface area contributed by atoms with E-state index in [2.05, 4.69) is 19.9 Å². The van der Waals surface area contributed by atoms with Crippen LogP contribution in [0.1, 0.15) is 31.9 Å². The van der Waals surface area contributed by atoms with Gasteiger partial charge in [0.25, 0.3) is 0 Å². The Hall–Kier alpha value is -2.84. The molecule has 1 fully saturated rings. The van der Waals surface area contributed by atoms with Crippen LogP contribution in [0, 0.1) is 5.82 Å². The second-order valence-corrected chi connectivity index (χ2v) is 6.35. The maximum absolute atomic E-state index is 13.4. The van der Waals surface area contributed by atoms with Gasteiger partial charge in [-0.15, -0.1) is 0 Å². The van der Waals surface area contributed by atoms with Gasteiger partial charge in [0.05, 0.1) is 36.9 Å². The van der Waals surface area contributed by atoms with E-state index in [1.165, 1.54) is 12.1 Å². The molecule has 8 heteroatoms. The van der Waals surface area contributed by atoms with E-state index in [1.54, 1.807) is 24.4 Å². The van der Waals surface area contributed by atoms with Crippen LogP contribution >= 0.6 is 0 Å². The Morgan fingerprint density at radius 1 is 1.14 bits per heavy atom. The molecule has 7 nitrogen and oxygen atoms in total. The Balaban J connectivity index is 1.75. The summed E-state index contributed by atoms with van der Waals surface area (Å²) in [4.78, 5) is 16.6. The molecule has 0 bridgehead atoms. The van der Waals surface area contributed by atoms with Crippen molar-refractivity contribution in [2.45, 2.75) is 26.1 Å². The number of rotatable bonds is 6. The first kappa shape index (κ1) is 18.5. The van der Waals surface area contributed by atoms with Gasteiger partial charge in [0.15, 0.2) is 5.82 Å². The number of hydrogen-bond donors (Lipinski definition) is 1. The van der Waals surface area contributed by atoms with Gasteiger partial charge in [-0.05, 0) is 43.2 Å². The monoisotopic (exact) mass is 384 g/mol. The molecule has 0 saturated carbocycles. The van der Waals surface area contributed by atoms with Gasteiger partial charge in [-0.2, -0.15) is 4.98 Å². The van der Waals surface area contributed by atoms with Gasteiger partial charge in [0.1, 0.15) is 5.82 Å². The Morgan fingerprint density at radius 2 is 1.93 bits per heavy atom. The molecule has 0 atom stereocenters. The van der Waals surface area contributed by atoms with Crippen molar-refractivity contribution < 1.29 is 18.6 Å². The fourth-order valence-corrected chi connectivity index (χ4v) is 2.89. The minimum Gasteiger partial charge on any atom is -0.463 e. The molecule has 3 aromatic rings. The topological polar surface area (TPSA) is 82.2 Å². The summed E-state index contributed by atoms with van der Waals surface area (Å²) < 4.78 is 30.3. The van der Waals surface area contributed by atoms with Crippen LogP contribution in [0.25, 0.3) is 22.6 Å². The van der Waals surface area contributed by atoms with Crippen LogP contribution < -0.4 is 4.74 Å². The number of ether oxygens (including phenoxy) is 3. The molecular formula is C20H21FN4O3. The Morgan fingerprint density at radius 3 is 2.68 bits per heavy atom. The van der Waals surface area contributed by atoms with E-state index in [9.17, 15) is 4.39 Å². The highest BCUT2D eigenvalue weighted by molar-refractivity contribution is 5.76. The van der Waals surface area contributed by atoms with Crippen molar-refractivity contribution in [3.63, 3.8) is 0 Å². The van der Waals surface area contributed by atoms with Crippen LogP contribution in [0.2, 0.25) is 0 Å². The highest BCUT2D eigenvalue weighted by atomic mass is 19.1. The fraction of sp³-hybridized carbons (Fsp3) is 0.350. The zero-order chi connectivity index (χ0) is 19.3. The SMILES string of the molecule is CCCOc1nccc(-c2[nH]c(C3OCCCO3)nc2-c2ccc(F)cc2)n1. The highest BCUT2D eigenvalue weighted by Gasteiger charge is 2.24. The molecular weight excluding hydrogens is 363 g/mol. The van der Waals surface area contributed by atoms with Gasteiger partial charge in [-0.3, -0.25) is 0 Å². The first-order chi connectivity index (χ1) is 13.7. The molecule has 0 aliphatic carbocycles. The Kier molecular flexibility index (Phi) is 5.59. The summed E-state index contributed by atoms with van der Waals surface area (Å²) in [5, 5.41) is 0. The first-order valence-corrected chi connectivity index (χ1v) is 9.30. The van der Waals surface area contributed by atoms with E-state index >= 15 is 0 Å². The number of hydrogen-bond acceptors (Lipinski definition) is 6. The van der Waals surface area contributed by atoms with E-state index in [0.29, 0.717) is 48.7 Å². The lowest BCUT2D eigenvalue weighted by molar-refractivity contribution is -0.186. The van der Waals surface area contributed by atoms with Gasteiger partial charge >= 0.3 is 6.01 Å². The maximum Gasteiger partial charge on any atom is 0.316 e. The van der Waals surface area contributed by atoms with Gasteiger partial charge in [0.2, 0.25) is 6.29 Å². The summed E-state index contributed by atoms with van der Waals surface area (Å²) in [7, 11) is 0. The van der Waals surface area contributed by atoms with E-state index in [-0.39, 0.29) is 5.82 Å². The van der Waals surface area contributed by atoms with Gasteiger partial charge < -0.3 is 19.2 Å². The fourth-order valence-electron chi connectivity index (χ4n) is 2.89. The van der Waals surface area contributed by atoms with Crippen LogP contribution in [-0.4, -0.2) is 39.8 Å². The molecule has 28 heavy (non-hydrogen) atoms. The molecule has 0 unspecified atom stereocenters. The van der Waals surface area contributed by atoms with E-state index in [1.807, 2.05) is 6.92 Å². The van der Waals surface area contributed by atoms with Crippen LogP contribution in [0.3, 0.4) is 0 Å². The average Bonchev–Trinajstić information content (AvgIpc) is 3.19. The first-order valence-electron chi connectivity index (χ1n) is 9.30. The molecule has 3 heterocycles. The molecule has 1 N–H and O–H groups in total. The number of benzene rings is 1. The van der Waals surface area contributed by atoms with Crippen molar-refractivity contribution in [1.29, 1.82) is 0 Å². The third-order valence-electron chi connectivity index (χ3n) is 4.22. The summed E-state index contributed by atoms with van der Waals surface area (Å²) in [5.41, 5.74) is 2.68. The summed E-state index contributed by atoms with van der Waals surface area (Å²) in [5.74, 6) is 0.237. The van der Waals surface area contributed by atoms with Crippen molar-refractivity contribution in [2.75, 3.05) is 19.8 Å². The standard InChI is InChI=1S/C20H21FN4O3/c1-2-10-28-20-22-9-8-15(23-20)17-16(13-4-6-14(21)7-5-13)24-18(25-17)19-26-11-3-12-27-19/h4-9,19H,2-3,10-12H2,1H3,(H,24,25). The van der Waals surface area contributed by atoms with Crippen molar-refractivity contribution in [3.8, 4) is 28.7 Å². The van der Waals surface area contributed by atoms with Crippen molar-refractivity contribution in [2.24, 2.45) is 0 Å². The molecule has 1 saturated heterocycles. The van der Waals surface area contributed by atoms with Gasteiger partial charge in [-0.25, -0.2) is 14.4 Å². The largest absolute Gasteiger partial charge is 0.463 e. The van der Waals surface area contributed by atoms with Crippen molar-refractivity contribution >= 4 is 0 Å². The van der Waals surface area contributed by atoms with Crippen LogP contribution in [0.5, 0.6) is 6.01 Å². The number of halogens is 1. The molecule has 0 amide bonds. The average molecular weight is 384 g/mol. The molecule has 1 aromatic carbocycles.